The Balaban J connectivity index is 1.83. The van der Waals surface area contributed by atoms with Crippen molar-refractivity contribution < 1.29 is 14.7 Å². The maximum Gasteiger partial charge on any atom is 0.306 e. The Morgan fingerprint density at radius 3 is 2.33 bits per heavy atom. The molecule has 4 N–H and O–H groups in total. The number of carbonyl (C=O) groups excluding carboxylic acids is 1. The van der Waals surface area contributed by atoms with Crippen LogP contribution in [0.15, 0.2) is 0 Å². The summed E-state index contributed by atoms with van der Waals surface area (Å²) >= 11 is 0. The molecule has 2 aliphatic carbocycles. The minimum atomic E-state index is -0.778. The minimum absolute atomic E-state index is 0.00102. The molecule has 2 aliphatic rings. The highest BCUT2D eigenvalue weighted by Crippen LogP contribution is 2.31. The van der Waals surface area contributed by atoms with Gasteiger partial charge in [-0.2, -0.15) is 0 Å². The van der Waals surface area contributed by atoms with Gasteiger partial charge < -0.3 is 16.2 Å². The molecule has 0 aliphatic heterocycles. The Labute approximate surface area is 107 Å². The summed E-state index contributed by atoms with van der Waals surface area (Å²) in [5, 5.41) is 11.9. The third kappa shape index (κ3) is 3.02. The van der Waals surface area contributed by atoms with E-state index in [0.29, 0.717) is 19.3 Å². The number of nitrogens with one attached hydrogen (secondary N) is 1. The quantitative estimate of drug-likeness (QED) is 0.697. The molecule has 102 valence electrons. The van der Waals surface area contributed by atoms with Crippen LogP contribution in [-0.4, -0.2) is 29.1 Å². The lowest BCUT2D eigenvalue weighted by Crippen LogP contribution is -2.50. The largest absolute Gasteiger partial charge is 0.481 e. The van der Waals surface area contributed by atoms with Crippen molar-refractivity contribution in [2.24, 2.45) is 17.6 Å². The van der Waals surface area contributed by atoms with Gasteiger partial charge in [-0.1, -0.05) is 12.8 Å². The van der Waals surface area contributed by atoms with Gasteiger partial charge in [0, 0.05) is 18.0 Å². The van der Waals surface area contributed by atoms with E-state index in [2.05, 4.69) is 5.32 Å². The van der Waals surface area contributed by atoms with E-state index in [0.717, 1.165) is 25.7 Å². The summed E-state index contributed by atoms with van der Waals surface area (Å²) in [7, 11) is 0. The van der Waals surface area contributed by atoms with Gasteiger partial charge in [0.25, 0.3) is 0 Å². The second-order valence-corrected chi connectivity index (χ2v) is 5.61. The van der Waals surface area contributed by atoms with Gasteiger partial charge in [0.15, 0.2) is 0 Å². The summed E-state index contributed by atoms with van der Waals surface area (Å²) in [6.45, 7) is 0. The van der Waals surface area contributed by atoms with Crippen molar-refractivity contribution in [1.82, 2.24) is 5.32 Å². The van der Waals surface area contributed by atoms with Crippen molar-refractivity contribution in [3.63, 3.8) is 0 Å². The van der Waals surface area contributed by atoms with Crippen LogP contribution in [-0.2, 0) is 9.59 Å². The van der Waals surface area contributed by atoms with E-state index in [1.807, 2.05) is 0 Å². The second-order valence-electron chi connectivity index (χ2n) is 5.61. The number of nitrogens with two attached hydrogens (primary N) is 1. The molecule has 0 radical (unpaired) electrons. The number of hydrogen-bond acceptors (Lipinski definition) is 3. The highest BCUT2D eigenvalue weighted by atomic mass is 16.4. The molecule has 0 aromatic carbocycles. The van der Waals surface area contributed by atoms with Crippen LogP contribution in [0.3, 0.4) is 0 Å². The number of carbonyl (C=O) groups is 2. The smallest absolute Gasteiger partial charge is 0.306 e. The molecule has 5 nitrogen and oxygen atoms in total. The predicted molar refractivity (Wildman–Crippen MR) is 66.8 cm³/mol. The van der Waals surface area contributed by atoms with E-state index in [1.165, 1.54) is 0 Å². The van der Waals surface area contributed by atoms with Gasteiger partial charge in [0.05, 0.1) is 5.92 Å². The highest BCUT2D eigenvalue weighted by molar-refractivity contribution is 5.81. The number of carboxylic acids is 1. The first-order valence-corrected chi connectivity index (χ1v) is 6.86. The first-order valence-electron chi connectivity index (χ1n) is 6.86. The van der Waals surface area contributed by atoms with Crippen LogP contribution < -0.4 is 11.1 Å². The van der Waals surface area contributed by atoms with Crippen LogP contribution in [0.4, 0.5) is 0 Å². The van der Waals surface area contributed by atoms with E-state index >= 15 is 0 Å². The Hall–Kier alpha value is -1.10. The molecule has 2 saturated carbocycles. The number of amides is 1. The van der Waals surface area contributed by atoms with Crippen LogP contribution in [0.2, 0.25) is 0 Å². The van der Waals surface area contributed by atoms with Crippen molar-refractivity contribution in [3.05, 3.63) is 0 Å². The van der Waals surface area contributed by atoms with E-state index < -0.39 is 5.97 Å². The molecule has 5 heteroatoms. The van der Waals surface area contributed by atoms with E-state index in [1.54, 1.807) is 0 Å². The molecule has 18 heavy (non-hydrogen) atoms. The molecule has 0 spiro atoms. The van der Waals surface area contributed by atoms with Crippen molar-refractivity contribution in [3.8, 4) is 0 Å². The second kappa shape index (κ2) is 5.69. The fourth-order valence-corrected chi connectivity index (χ4v) is 3.08. The lowest BCUT2D eigenvalue weighted by Gasteiger charge is -2.30. The van der Waals surface area contributed by atoms with E-state index in [-0.39, 0.29) is 29.8 Å². The fourth-order valence-electron chi connectivity index (χ4n) is 3.08. The van der Waals surface area contributed by atoms with E-state index in [4.69, 9.17) is 10.8 Å². The summed E-state index contributed by atoms with van der Waals surface area (Å²) in [6, 6.07) is 0.134. The molecule has 0 aromatic rings. The van der Waals surface area contributed by atoms with Gasteiger partial charge in [0.1, 0.15) is 0 Å². The van der Waals surface area contributed by atoms with E-state index in [9.17, 15) is 9.59 Å². The normalized spacial score (nSPS) is 36.3. The summed E-state index contributed by atoms with van der Waals surface area (Å²) < 4.78 is 0. The topological polar surface area (TPSA) is 92.4 Å². The summed E-state index contributed by atoms with van der Waals surface area (Å²) in [5.41, 5.74) is 5.99. The first kappa shape index (κ1) is 13.3. The van der Waals surface area contributed by atoms with Crippen LogP contribution in [0.1, 0.15) is 44.9 Å². The minimum Gasteiger partial charge on any atom is -0.481 e. The molecule has 1 amide bonds. The zero-order valence-electron chi connectivity index (χ0n) is 10.6. The van der Waals surface area contributed by atoms with Crippen LogP contribution in [0, 0.1) is 11.8 Å². The maximum absolute atomic E-state index is 12.1. The Kier molecular flexibility index (Phi) is 4.22. The molecular formula is C13H22N2O3. The van der Waals surface area contributed by atoms with Gasteiger partial charge in [-0.15, -0.1) is 0 Å². The van der Waals surface area contributed by atoms with Crippen molar-refractivity contribution >= 4 is 11.9 Å². The SMILES string of the molecule is NC1CCCCC1NC(=O)[C@@H]1CC[C@H](C(=O)O)C1. The fraction of sp³-hybridized carbons (Fsp3) is 0.846. The number of hydrogen-bond donors (Lipinski definition) is 3. The molecule has 4 atom stereocenters. The van der Waals surface area contributed by atoms with Gasteiger partial charge >= 0.3 is 5.97 Å². The van der Waals surface area contributed by atoms with Gasteiger partial charge in [-0.25, -0.2) is 0 Å². The Morgan fingerprint density at radius 1 is 1.06 bits per heavy atom. The first-order chi connectivity index (χ1) is 8.58. The standard InChI is InChI=1S/C13H22N2O3/c14-10-3-1-2-4-11(10)15-12(16)8-5-6-9(7-8)13(17)18/h8-11H,1-7,14H2,(H,15,16)(H,17,18)/t8-,9+,10?,11?/m1/s1. The third-order valence-electron chi connectivity index (χ3n) is 4.30. The predicted octanol–water partition coefficient (Wildman–Crippen LogP) is 0.873. The molecule has 0 saturated heterocycles. The Morgan fingerprint density at radius 2 is 1.72 bits per heavy atom. The third-order valence-corrected chi connectivity index (χ3v) is 4.30. The lowest BCUT2D eigenvalue weighted by atomic mass is 9.90. The molecular weight excluding hydrogens is 232 g/mol. The van der Waals surface area contributed by atoms with Gasteiger partial charge in [-0.3, -0.25) is 9.59 Å². The van der Waals surface area contributed by atoms with Crippen molar-refractivity contribution in [2.75, 3.05) is 0 Å². The van der Waals surface area contributed by atoms with Crippen molar-refractivity contribution in [2.45, 2.75) is 57.0 Å². The number of aliphatic carboxylic acids is 1. The number of rotatable bonds is 3. The van der Waals surface area contributed by atoms with Gasteiger partial charge in [0.2, 0.25) is 5.91 Å². The molecule has 2 fully saturated rings. The zero-order chi connectivity index (χ0) is 13.1. The monoisotopic (exact) mass is 254 g/mol. The number of carboxylic acid groups (broad SMARTS) is 1. The summed E-state index contributed by atoms with van der Waals surface area (Å²) in [5.74, 6) is -1.26. The Bertz CT molecular complexity index is 332. The molecule has 0 aromatic heterocycles. The maximum atomic E-state index is 12.1. The zero-order valence-corrected chi connectivity index (χ0v) is 10.6. The summed E-state index contributed by atoms with van der Waals surface area (Å²) in [6.07, 6.45) is 5.94. The average Bonchev–Trinajstić information content (AvgIpc) is 2.81. The van der Waals surface area contributed by atoms with Crippen LogP contribution >= 0.6 is 0 Å². The van der Waals surface area contributed by atoms with Gasteiger partial charge in [-0.05, 0) is 32.1 Å². The highest BCUT2D eigenvalue weighted by Gasteiger charge is 2.35. The molecule has 0 bridgehead atoms. The van der Waals surface area contributed by atoms with Crippen molar-refractivity contribution in [1.29, 1.82) is 0 Å². The van der Waals surface area contributed by atoms with Crippen LogP contribution in [0.25, 0.3) is 0 Å². The average molecular weight is 254 g/mol. The molecule has 2 unspecified atom stereocenters. The van der Waals surface area contributed by atoms with Crippen LogP contribution in [0.5, 0.6) is 0 Å². The molecule has 0 heterocycles. The molecule has 2 rings (SSSR count). The lowest BCUT2D eigenvalue weighted by molar-refractivity contribution is -0.141. The summed E-state index contributed by atoms with van der Waals surface area (Å²) in [4.78, 5) is 22.9.